The maximum absolute atomic E-state index is 6.21. The van der Waals surface area contributed by atoms with Crippen LogP contribution in [0.1, 0.15) is 30.2 Å². The highest BCUT2D eigenvalue weighted by atomic mass is 16.5. The molecular formula is C19H26N2O4. The minimum Gasteiger partial charge on any atom is -0.493 e. The largest absolute Gasteiger partial charge is 0.493 e. The Kier molecular flexibility index (Phi) is 5.48. The summed E-state index contributed by atoms with van der Waals surface area (Å²) in [4.78, 5) is 6.82. The number of methoxy groups -OCH3 is 2. The molecule has 136 valence electrons. The first-order valence-electron chi connectivity index (χ1n) is 8.63. The van der Waals surface area contributed by atoms with Crippen LogP contribution in [0.2, 0.25) is 0 Å². The number of likely N-dealkylation sites (tertiary alicyclic amines) is 1. The van der Waals surface area contributed by atoms with Gasteiger partial charge in [-0.25, -0.2) is 4.98 Å². The Morgan fingerprint density at radius 1 is 1.12 bits per heavy atom. The first kappa shape index (κ1) is 17.6. The van der Waals surface area contributed by atoms with Crippen molar-refractivity contribution in [2.45, 2.75) is 39.3 Å². The minimum atomic E-state index is 0.148. The van der Waals surface area contributed by atoms with E-state index in [1.807, 2.05) is 32.0 Å². The van der Waals surface area contributed by atoms with Crippen molar-refractivity contribution in [3.8, 4) is 17.2 Å². The van der Waals surface area contributed by atoms with Crippen molar-refractivity contribution in [2.75, 3.05) is 27.3 Å². The van der Waals surface area contributed by atoms with Gasteiger partial charge in [0.05, 0.1) is 26.5 Å². The molecule has 1 saturated heterocycles. The first-order chi connectivity index (χ1) is 12.1. The van der Waals surface area contributed by atoms with E-state index < -0.39 is 0 Å². The van der Waals surface area contributed by atoms with Crippen molar-refractivity contribution >= 4 is 0 Å². The molecule has 2 heterocycles. The first-order valence-corrected chi connectivity index (χ1v) is 8.63. The predicted octanol–water partition coefficient (Wildman–Crippen LogP) is 3.35. The van der Waals surface area contributed by atoms with Crippen LogP contribution in [0.25, 0.3) is 0 Å². The molecular weight excluding hydrogens is 320 g/mol. The molecule has 0 aliphatic carbocycles. The van der Waals surface area contributed by atoms with Crippen molar-refractivity contribution in [1.29, 1.82) is 0 Å². The second-order valence-corrected chi connectivity index (χ2v) is 6.33. The van der Waals surface area contributed by atoms with Crippen molar-refractivity contribution in [1.82, 2.24) is 9.88 Å². The highest BCUT2D eigenvalue weighted by Gasteiger charge is 2.24. The smallest absolute Gasteiger partial charge is 0.208 e. The third kappa shape index (κ3) is 4.07. The van der Waals surface area contributed by atoms with Gasteiger partial charge in [0.15, 0.2) is 11.5 Å². The number of ether oxygens (including phenoxy) is 3. The maximum Gasteiger partial charge on any atom is 0.208 e. The van der Waals surface area contributed by atoms with Gasteiger partial charge in [-0.3, -0.25) is 4.90 Å². The Bertz CT molecular complexity index is 664. The average molecular weight is 346 g/mol. The van der Waals surface area contributed by atoms with E-state index in [4.69, 9.17) is 18.6 Å². The molecule has 0 amide bonds. The molecule has 25 heavy (non-hydrogen) atoms. The van der Waals surface area contributed by atoms with E-state index in [0.717, 1.165) is 49.8 Å². The molecule has 3 rings (SSSR count). The molecule has 0 spiro atoms. The fourth-order valence-electron chi connectivity index (χ4n) is 3.08. The number of hydrogen-bond acceptors (Lipinski definition) is 6. The number of hydrogen-bond donors (Lipinski definition) is 0. The van der Waals surface area contributed by atoms with Crippen LogP contribution in [0, 0.1) is 13.8 Å². The van der Waals surface area contributed by atoms with Gasteiger partial charge >= 0.3 is 0 Å². The quantitative estimate of drug-likeness (QED) is 0.799. The molecule has 1 aliphatic rings. The summed E-state index contributed by atoms with van der Waals surface area (Å²) in [5.41, 5.74) is 0.969. The predicted molar refractivity (Wildman–Crippen MR) is 94.5 cm³/mol. The molecule has 1 aliphatic heterocycles. The summed E-state index contributed by atoms with van der Waals surface area (Å²) in [6.07, 6.45) is 2.04. The van der Waals surface area contributed by atoms with Gasteiger partial charge in [-0.05, 0) is 38.8 Å². The normalized spacial score (nSPS) is 16.0. The molecule has 0 saturated carbocycles. The Morgan fingerprint density at radius 3 is 2.28 bits per heavy atom. The molecule has 1 fully saturated rings. The Morgan fingerprint density at radius 2 is 1.76 bits per heavy atom. The molecule has 0 atom stereocenters. The van der Waals surface area contributed by atoms with Crippen LogP contribution in [0.4, 0.5) is 0 Å². The molecule has 2 aromatic rings. The van der Waals surface area contributed by atoms with Crippen LogP contribution in [0.5, 0.6) is 17.2 Å². The van der Waals surface area contributed by atoms with Crippen molar-refractivity contribution < 1.29 is 18.6 Å². The lowest BCUT2D eigenvalue weighted by atomic mass is 10.1. The van der Waals surface area contributed by atoms with E-state index >= 15 is 0 Å². The fourth-order valence-corrected chi connectivity index (χ4v) is 3.08. The number of nitrogens with zero attached hydrogens (tertiary/aromatic N) is 2. The van der Waals surface area contributed by atoms with E-state index in [2.05, 4.69) is 9.88 Å². The third-order valence-corrected chi connectivity index (χ3v) is 4.63. The standard InChI is InChI=1S/C19H26N2O4/c1-13-14(2)24-18(20-13)12-21-10-8-15(9-11-21)25-19-16(22-3)6-5-7-17(19)23-4/h5-7,15H,8-12H2,1-4H3. The fraction of sp³-hybridized carbons (Fsp3) is 0.526. The van der Waals surface area contributed by atoms with E-state index in [-0.39, 0.29) is 6.10 Å². The number of rotatable bonds is 6. The molecule has 0 bridgehead atoms. The summed E-state index contributed by atoms with van der Waals surface area (Å²) in [5, 5.41) is 0. The summed E-state index contributed by atoms with van der Waals surface area (Å²) in [6, 6.07) is 5.67. The Hall–Kier alpha value is -2.21. The monoisotopic (exact) mass is 346 g/mol. The number of piperidine rings is 1. The Labute approximate surface area is 148 Å². The van der Waals surface area contributed by atoms with Gasteiger partial charge in [0.25, 0.3) is 0 Å². The third-order valence-electron chi connectivity index (χ3n) is 4.63. The zero-order chi connectivity index (χ0) is 17.8. The number of para-hydroxylation sites is 1. The SMILES string of the molecule is COc1cccc(OC)c1OC1CCN(Cc2nc(C)c(C)o2)CC1. The van der Waals surface area contributed by atoms with E-state index in [9.17, 15) is 0 Å². The van der Waals surface area contributed by atoms with Gasteiger partial charge in [0.2, 0.25) is 11.6 Å². The van der Waals surface area contributed by atoms with Gasteiger partial charge in [-0.15, -0.1) is 0 Å². The van der Waals surface area contributed by atoms with Crippen molar-refractivity contribution in [3.63, 3.8) is 0 Å². The minimum absolute atomic E-state index is 0.148. The van der Waals surface area contributed by atoms with E-state index in [0.29, 0.717) is 17.2 Å². The average Bonchev–Trinajstić information content (AvgIpc) is 2.94. The zero-order valence-electron chi connectivity index (χ0n) is 15.4. The van der Waals surface area contributed by atoms with Crippen LogP contribution >= 0.6 is 0 Å². The Balaban J connectivity index is 1.58. The molecule has 6 nitrogen and oxygen atoms in total. The van der Waals surface area contributed by atoms with Crippen LogP contribution in [0.15, 0.2) is 22.6 Å². The van der Waals surface area contributed by atoms with E-state index in [1.54, 1.807) is 14.2 Å². The van der Waals surface area contributed by atoms with Crippen molar-refractivity contribution in [2.24, 2.45) is 0 Å². The molecule has 6 heteroatoms. The lowest BCUT2D eigenvalue weighted by molar-refractivity contribution is 0.0870. The van der Waals surface area contributed by atoms with Gasteiger partial charge in [0.1, 0.15) is 11.9 Å². The molecule has 1 aromatic heterocycles. The van der Waals surface area contributed by atoms with Gasteiger partial charge < -0.3 is 18.6 Å². The van der Waals surface area contributed by atoms with Crippen LogP contribution in [0.3, 0.4) is 0 Å². The summed E-state index contributed by atoms with van der Waals surface area (Å²) >= 11 is 0. The van der Waals surface area contributed by atoms with Crippen molar-refractivity contribution in [3.05, 3.63) is 35.5 Å². The number of aryl methyl sites for hydroxylation is 2. The van der Waals surface area contributed by atoms with Gasteiger partial charge in [0, 0.05) is 13.1 Å². The molecule has 0 radical (unpaired) electrons. The summed E-state index contributed by atoms with van der Waals surface area (Å²) in [7, 11) is 3.29. The number of oxazole rings is 1. The lowest BCUT2D eigenvalue weighted by Gasteiger charge is -2.31. The van der Waals surface area contributed by atoms with Gasteiger partial charge in [-0.2, -0.15) is 0 Å². The number of benzene rings is 1. The molecule has 0 unspecified atom stereocenters. The van der Waals surface area contributed by atoms with Gasteiger partial charge in [-0.1, -0.05) is 6.07 Å². The summed E-state index contributed by atoms with van der Waals surface area (Å²) < 4.78 is 22.7. The second kappa shape index (κ2) is 7.78. The van der Waals surface area contributed by atoms with Crippen LogP contribution < -0.4 is 14.2 Å². The van der Waals surface area contributed by atoms with Crippen LogP contribution in [-0.2, 0) is 6.54 Å². The zero-order valence-corrected chi connectivity index (χ0v) is 15.4. The summed E-state index contributed by atoms with van der Waals surface area (Å²) in [6.45, 7) is 6.57. The summed E-state index contributed by atoms with van der Waals surface area (Å²) in [5.74, 6) is 3.78. The molecule has 0 N–H and O–H groups in total. The topological polar surface area (TPSA) is 57.0 Å². The second-order valence-electron chi connectivity index (χ2n) is 6.33. The highest BCUT2D eigenvalue weighted by molar-refractivity contribution is 5.51. The number of aromatic nitrogens is 1. The molecule has 1 aromatic carbocycles. The van der Waals surface area contributed by atoms with E-state index in [1.165, 1.54) is 0 Å². The lowest BCUT2D eigenvalue weighted by Crippen LogP contribution is -2.38. The maximum atomic E-state index is 6.21. The van der Waals surface area contributed by atoms with Crippen LogP contribution in [-0.4, -0.2) is 43.3 Å². The highest BCUT2D eigenvalue weighted by Crippen LogP contribution is 2.38.